The molecule has 0 heterocycles. The van der Waals surface area contributed by atoms with Crippen molar-refractivity contribution in [2.75, 3.05) is 20.3 Å². The highest BCUT2D eigenvalue weighted by molar-refractivity contribution is 5.98. The fraction of sp³-hybridized carbons (Fsp3) is 0.267. The Hall–Kier alpha value is -2.81. The molecular weight excluding hydrogens is 272 g/mol. The molecule has 1 rings (SSSR count). The van der Waals surface area contributed by atoms with Crippen LogP contribution in [0.15, 0.2) is 29.8 Å². The average molecular weight is 288 g/mol. The van der Waals surface area contributed by atoms with Gasteiger partial charge < -0.3 is 14.8 Å². The number of esters is 1. The fourth-order valence-electron chi connectivity index (χ4n) is 1.41. The van der Waals surface area contributed by atoms with Crippen molar-refractivity contribution in [1.82, 2.24) is 5.32 Å². The van der Waals surface area contributed by atoms with Gasteiger partial charge in [0.1, 0.15) is 17.4 Å². The van der Waals surface area contributed by atoms with Crippen molar-refractivity contribution in [3.63, 3.8) is 0 Å². The molecule has 0 aliphatic carbocycles. The largest absolute Gasteiger partial charge is 0.494 e. The zero-order valence-electron chi connectivity index (χ0n) is 11.9. The normalized spacial score (nSPS) is 10.4. The Balaban J connectivity index is 2.76. The number of nitriles is 1. The highest BCUT2D eigenvalue weighted by Gasteiger charge is 2.12. The van der Waals surface area contributed by atoms with Crippen LogP contribution < -0.4 is 10.1 Å². The number of likely N-dealkylation sites (N-methyl/N-ethyl adjacent to an activating group) is 1. The van der Waals surface area contributed by atoms with E-state index in [9.17, 15) is 9.59 Å². The van der Waals surface area contributed by atoms with E-state index in [0.29, 0.717) is 17.9 Å². The first-order chi connectivity index (χ1) is 10.1. The second-order valence-corrected chi connectivity index (χ2v) is 3.92. The zero-order chi connectivity index (χ0) is 15.7. The molecule has 1 aromatic carbocycles. The van der Waals surface area contributed by atoms with Gasteiger partial charge >= 0.3 is 5.97 Å². The number of amides is 1. The molecule has 21 heavy (non-hydrogen) atoms. The van der Waals surface area contributed by atoms with Crippen molar-refractivity contribution in [1.29, 1.82) is 5.26 Å². The molecule has 0 aliphatic heterocycles. The van der Waals surface area contributed by atoms with Crippen LogP contribution in [-0.4, -0.2) is 32.1 Å². The molecule has 0 spiro atoms. The number of benzene rings is 1. The van der Waals surface area contributed by atoms with Gasteiger partial charge in [-0.1, -0.05) is 12.1 Å². The van der Waals surface area contributed by atoms with Crippen molar-refractivity contribution >= 4 is 18.0 Å². The lowest BCUT2D eigenvalue weighted by Crippen LogP contribution is -2.25. The van der Waals surface area contributed by atoms with E-state index in [1.165, 1.54) is 13.1 Å². The van der Waals surface area contributed by atoms with E-state index in [1.54, 1.807) is 30.3 Å². The maximum absolute atomic E-state index is 11.7. The van der Waals surface area contributed by atoms with Crippen LogP contribution in [0.3, 0.4) is 0 Å². The highest BCUT2D eigenvalue weighted by Crippen LogP contribution is 2.14. The highest BCUT2D eigenvalue weighted by atomic mass is 16.5. The second-order valence-electron chi connectivity index (χ2n) is 3.92. The average Bonchev–Trinajstić information content (AvgIpc) is 2.51. The quantitative estimate of drug-likeness (QED) is 0.484. The molecule has 110 valence electrons. The van der Waals surface area contributed by atoms with Crippen molar-refractivity contribution in [2.24, 2.45) is 0 Å². The Morgan fingerprint density at radius 3 is 2.52 bits per heavy atom. The standard InChI is InChI=1S/C15H16N2O4/c1-3-20-13-6-4-11(5-7-13)8-12(9-16)15(19)21-10-14(18)17-2/h4-8H,3,10H2,1-2H3,(H,17,18)/b12-8+. The molecule has 0 aliphatic rings. The summed E-state index contributed by atoms with van der Waals surface area (Å²) in [6.45, 7) is 2.02. The maximum Gasteiger partial charge on any atom is 0.349 e. The third-order valence-electron chi connectivity index (χ3n) is 2.46. The molecule has 6 nitrogen and oxygen atoms in total. The van der Waals surface area contributed by atoms with Crippen LogP contribution in [0.1, 0.15) is 12.5 Å². The van der Waals surface area contributed by atoms with Gasteiger partial charge in [0.25, 0.3) is 5.91 Å². The Labute approximate surface area is 123 Å². The Bertz CT molecular complexity index is 570. The van der Waals surface area contributed by atoms with Crippen LogP contribution in [0, 0.1) is 11.3 Å². The molecule has 1 N–H and O–H groups in total. The predicted molar refractivity (Wildman–Crippen MR) is 76.2 cm³/mol. The third kappa shape index (κ3) is 5.37. The van der Waals surface area contributed by atoms with E-state index < -0.39 is 18.5 Å². The molecule has 1 aromatic rings. The van der Waals surface area contributed by atoms with Gasteiger partial charge in [0.2, 0.25) is 0 Å². The molecular formula is C15H16N2O4. The molecule has 0 atom stereocenters. The summed E-state index contributed by atoms with van der Waals surface area (Å²) in [5, 5.41) is 11.3. The molecule has 0 unspecified atom stereocenters. The molecule has 0 radical (unpaired) electrons. The van der Waals surface area contributed by atoms with Gasteiger partial charge in [-0.25, -0.2) is 4.79 Å². The molecule has 0 saturated heterocycles. The monoisotopic (exact) mass is 288 g/mol. The first-order valence-corrected chi connectivity index (χ1v) is 6.33. The minimum Gasteiger partial charge on any atom is -0.494 e. The van der Waals surface area contributed by atoms with Gasteiger partial charge in [-0.15, -0.1) is 0 Å². The van der Waals surface area contributed by atoms with Crippen LogP contribution >= 0.6 is 0 Å². The number of nitrogens with one attached hydrogen (secondary N) is 1. The summed E-state index contributed by atoms with van der Waals surface area (Å²) in [5.41, 5.74) is 0.481. The van der Waals surface area contributed by atoms with E-state index in [4.69, 9.17) is 14.7 Å². The number of hydrogen-bond donors (Lipinski definition) is 1. The summed E-state index contributed by atoms with van der Waals surface area (Å²) in [4.78, 5) is 22.6. The molecule has 6 heteroatoms. The molecule has 0 bridgehead atoms. The van der Waals surface area contributed by atoms with E-state index in [0.717, 1.165) is 0 Å². The molecule has 1 amide bonds. The molecule has 0 aromatic heterocycles. The van der Waals surface area contributed by atoms with Crippen LogP contribution in [0.4, 0.5) is 0 Å². The maximum atomic E-state index is 11.7. The van der Waals surface area contributed by atoms with Crippen LogP contribution in [0.25, 0.3) is 6.08 Å². The van der Waals surface area contributed by atoms with Crippen molar-refractivity contribution < 1.29 is 19.1 Å². The van der Waals surface area contributed by atoms with Crippen molar-refractivity contribution in [3.8, 4) is 11.8 Å². The van der Waals surface area contributed by atoms with Crippen LogP contribution in [0.2, 0.25) is 0 Å². The van der Waals surface area contributed by atoms with Gasteiger partial charge in [0.05, 0.1) is 6.61 Å². The summed E-state index contributed by atoms with van der Waals surface area (Å²) in [5.74, 6) is -0.577. The van der Waals surface area contributed by atoms with Crippen LogP contribution in [-0.2, 0) is 14.3 Å². The minimum atomic E-state index is -0.838. The third-order valence-corrected chi connectivity index (χ3v) is 2.46. The number of rotatable bonds is 6. The Morgan fingerprint density at radius 1 is 1.33 bits per heavy atom. The summed E-state index contributed by atoms with van der Waals surface area (Å²) in [6.07, 6.45) is 1.39. The summed E-state index contributed by atoms with van der Waals surface area (Å²) in [7, 11) is 1.43. The van der Waals surface area contributed by atoms with Gasteiger partial charge in [0, 0.05) is 7.05 Å². The van der Waals surface area contributed by atoms with E-state index in [2.05, 4.69) is 5.32 Å². The van der Waals surface area contributed by atoms with E-state index in [1.807, 2.05) is 6.92 Å². The first-order valence-electron chi connectivity index (χ1n) is 6.33. The lowest BCUT2D eigenvalue weighted by atomic mass is 10.1. The fourth-order valence-corrected chi connectivity index (χ4v) is 1.41. The summed E-state index contributed by atoms with van der Waals surface area (Å²) >= 11 is 0. The summed E-state index contributed by atoms with van der Waals surface area (Å²) in [6, 6.07) is 8.66. The topological polar surface area (TPSA) is 88.4 Å². The van der Waals surface area contributed by atoms with Gasteiger partial charge in [-0.2, -0.15) is 5.26 Å². The van der Waals surface area contributed by atoms with Gasteiger partial charge in [0.15, 0.2) is 6.61 Å². The Kier molecular flexibility index (Phi) is 6.48. The van der Waals surface area contributed by atoms with Gasteiger partial charge in [-0.3, -0.25) is 4.79 Å². The number of carbonyl (C=O) groups is 2. The van der Waals surface area contributed by atoms with E-state index in [-0.39, 0.29) is 5.57 Å². The number of ether oxygens (including phenoxy) is 2. The Morgan fingerprint density at radius 2 is 2.00 bits per heavy atom. The minimum absolute atomic E-state index is 0.178. The molecule has 0 saturated carbocycles. The van der Waals surface area contributed by atoms with Crippen LogP contribution in [0.5, 0.6) is 5.75 Å². The van der Waals surface area contributed by atoms with Crippen molar-refractivity contribution in [3.05, 3.63) is 35.4 Å². The summed E-state index contributed by atoms with van der Waals surface area (Å²) < 4.78 is 10.0. The number of hydrogen-bond acceptors (Lipinski definition) is 5. The lowest BCUT2D eigenvalue weighted by Gasteiger charge is -2.04. The molecule has 0 fully saturated rings. The zero-order valence-corrected chi connectivity index (χ0v) is 11.9. The predicted octanol–water partition coefficient (Wildman–Crippen LogP) is 1.28. The first kappa shape index (κ1) is 16.2. The van der Waals surface area contributed by atoms with Crippen molar-refractivity contribution in [2.45, 2.75) is 6.92 Å². The number of carbonyl (C=O) groups excluding carboxylic acids is 2. The van der Waals surface area contributed by atoms with E-state index >= 15 is 0 Å². The van der Waals surface area contributed by atoms with Gasteiger partial charge in [-0.05, 0) is 30.7 Å². The number of nitrogens with zero attached hydrogens (tertiary/aromatic N) is 1. The second kappa shape index (κ2) is 8.38. The smallest absolute Gasteiger partial charge is 0.349 e. The lowest BCUT2D eigenvalue weighted by molar-refractivity contribution is -0.144. The SMILES string of the molecule is CCOc1ccc(/C=C(\C#N)C(=O)OCC(=O)NC)cc1.